The molecule has 0 radical (unpaired) electrons. The number of methoxy groups -OCH3 is 2. The number of hydrogen-bond acceptors (Lipinski definition) is 7. The highest BCUT2D eigenvalue weighted by atomic mass is 16.6. The molecular formula is C38H45N3O7. The fourth-order valence-electron chi connectivity index (χ4n) is 5.95. The number of nitrogens with one attached hydrogen (secondary N) is 1. The molecule has 0 aliphatic carbocycles. The second-order valence-electron chi connectivity index (χ2n) is 12.8. The number of fused-ring (bicyclic) bond motifs is 1. The van der Waals surface area contributed by atoms with Crippen LogP contribution in [0.5, 0.6) is 17.4 Å². The monoisotopic (exact) mass is 655 g/mol. The lowest BCUT2D eigenvalue weighted by atomic mass is 9.96. The molecule has 3 aromatic carbocycles. The van der Waals surface area contributed by atoms with E-state index in [0.29, 0.717) is 50.4 Å². The van der Waals surface area contributed by atoms with Gasteiger partial charge in [0.2, 0.25) is 0 Å². The predicted molar refractivity (Wildman–Crippen MR) is 186 cm³/mol. The van der Waals surface area contributed by atoms with Gasteiger partial charge in [0.25, 0.3) is 0 Å². The van der Waals surface area contributed by atoms with Crippen molar-refractivity contribution < 1.29 is 33.6 Å². The minimum Gasteiger partial charge on any atom is -0.494 e. The summed E-state index contributed by atoms with van der Waals surface area (Å²) in [5, 5.41) is 16.1. The summed E-state index contributed by atoms with van der Waals surface area (Å²) in [6, 6.07) is 20.9. The molecular weight excluding hydrogens is 610 g/mol. The molecule has 0 unspecified atom stereocenters. The number of nitrogens with zero attached hydrogens (tertiary/aromatic N) is 2. The number of carbonyl (C=O) groups is 2. The molecule has 48 heavy (non-hydrogen) atoms. The lowest BCUT2D eigenvalue weighted by molar-refractivity contribution is 0.0270. The molecule has 2 N–H and O–H groups in total. The standard InChI is InChI=1S/C38H45N3O7/c1-38(2,3)48-37(44)40-21-18-27(19-22-40)29-13-9-14-30-31(29)24-41(35(30)42)32(28-16-17-33(45-4)34(23-28)46-5)15-10-20-39-36(43)47-25-26-11-7-6-8-12-26/h6-9,11-14,16-18,23-24,32,42H,10,15,19-22,25H2,1-5H3,(H,39,43)/t32-/m1/s1. The minimum absolute atomic E-state index is 0.147. The van der Waals surface area contributed by atoms with Crippen molar-refractivity contribution in [1.29, 1.82) is 0 Å². The molecule has 1 aliphatic rings. The highest BCUT2D eigenvalue weighted by molar-refractivity contribution is 5.97. The number of ether oxygens (including phenoxy) is 4. The number of aromatic hydroxyl groups is 1. The van der Waals surface area contributed by atoms with E-state index in [1.807, 2.05) is 92.2 Å². The van der Waals surface area contributed by atoms with Crippen molar-refractivity contribution in [2.45, 2.75) is 58.3 Å². The normalized spacial score (nSPS) is 13.9. The smallest absolute Gasteiger partial charge is 0.410 e. The number of rotatable bonds is 11. The van der Waals surface area contributed by atoms with Gasteiger partial charge in [-0.05, 0) is 80.5 Å². The van der Waals surface area contributed by atoms with Gasteiger partial charge in [0.05, 0.1) is 20.3 Å². The molecule has 10 nitrogen and oxygen atoms in total. The summed E-state index contributed by atoms with van der Waals surface area (Å²) in [7, 11) is 3.19. The fourth-order valence-corrected chi connectivity index (χ4v) is 5.95. The van der Waals surface area contributed by atoms with Crippen LogP contribution in [0.1, 0.15) is 62.8 Å². The Bertz CT molecular complexity index is 1760. The summed E-state index contributed by atoms with van der Waals surface area (Å²) < 4.78 is 23.9. The van der Waals surface area contributed by atoms with E-state index in [0.717, 1.165) is 33.0 Å². The maximum absolute atomic E-state index is 12.6. The Kier molecular flexibility index (Phi) is 10.8. The third kappa shape index (κ3) is 8.23. The van der Waals surface area contributed by atoms with Gasteiger partial charge in [-0.3, -0.25) is 0 Å². The number of amides is 2. The van der Waals surface area contributed by atoms with Gasteiger partial charge in [0.1, 0.15) is 12.2 Å². The zero-order valence-electron chi connectivity index (χ0n) is 28.3. The van der Waals surface area contributed by atoms with E-state index in [1.165, 1.54) is 0 Å². The molecule has 254 valence electrons. The van der Waals surface area contributed by atoms with Crippen molar-refractivity contribution in [3.05, 3.63) is 95.7 Å². The quantitative estimate of drug-likeness (QED) is 0.159. The van der Waals surface area contributed by atoms with Gasteiger partial charge in [-0.25, -0.2) is 9.59 Å². The molecule has 5 rings (SSSR count). The van der Waals surface area contributed by atoms with Crippen molar-refractivity contribution in [3.63, 3.8) is 0 Å². The molecule has 0 saturated carbocycles. The molecule has 0 saturated heterocycles. The SMILES string of the molecule is COc1ccc([C@@H](CCCNC(=O)OCc2ccccc2)n2cc3c(C4=CCN(C(=O)OC(C)(C)C)CC4)cccc3c2O)cc1OC. The summed E-state index contributed by atoms with van der Waals surface area (Å²) in [5.41, 5.74) is 3.40. The number of aromatic nitrogens is 1. The van der Waals surface area contributed by atoms with E-state index in [1.54, 1.807) is 19.1 Å². The van der Waals surface area contributed by atoms with Gasteiger partial charge >= 0.3 is 12.2 Å². The van der Waals surface area contributed by atoms with Crippen LogP contribution in [0.25, 0.3) is 16.3 Å². The van der Waals surface area contributed by atoms with Crippen LogP contribution in [-0.2, 0) is 16.1 Å². The predicted octanol–water partition coefficient (Wildman–Crippen LogP) is 7.68. The third-order valence-corrected chi connectivity index (χ3v) is 8.33. The molecule has 0 spiro atoms. The topological polar surface area (TPSA) is 111 Å². The molecule has 1 aliphatic heterocycles. The average Bonchev–Trinajstić information content (AvgIpc) is 3.42. The zero-order valence-corrected chi connectivity index (χ0v) is 28.3. The van der Waals surface area contributed by atoms with Gasteiger partial charge in [0.15, 0.2) is 17.4 Å². The number of benzene rings is 3. The summed E-state index contributed by atoms with van der Waals surface area (Å²) in [6.07, 6.45) is 5.13. The molecule has 2 heterocycles. The van der Waals surface area contributed by atoms with E-state index in [9.17, 15) is 14.7 Å². The number of alkyl carbamates (subject to hydrolysis) is 1. The molecule has 0 bridgehead atoms. The van der Waals surface area contributed by atoms with Crippen LogP contribution in [0.4, 0.5) is 9.59 Å². The van der Waals surface area contributed by atoms with Gasteiger partial charge in [0, 0.05) is 36.6 Å². The van der Waals surface area contributed by atoms with Crippen LogP contribution >= 0.6 is 0 Å². The Morgan fingerprint density at radius 3 is 2.42 bits per heavy atom. The van der Waals surface area contributed by atoms with Crippen LogP contribution in [-0.4, -0.2) is 66.2 Å². The molecule has 1 aromatic heterocycles. The first-order valence-corrected chi connectivity index (χ1v) is 16.2. The highest BCUT2D eigenvalue weighted by Gasteiger charge is 2.26. The molecule has 4 aromatic rings. The van der Waals surface area contributed by atoms with Gasteiger partial charge < -0.3 is 38.8 Å². The first-order valence-electron chi connectivity index (χ1n) is 16.2. The van der Waals surface area contributed by atoms with Crippen LogP contribution in [0.15, 0.2) is 79.0 Å². The molecule has 2 amide bonds. The summed E-state index contributed by atoms with van der Waals surface area (Å²) in [6.45, 7) is 7.16. The number of hydrogen-bond donors (Lipinski definition) is 2. The van der Waals surface area contributed by atoms with Gasteiger partial charge in [-0.2, -0.15) is 0 Å². The lowest BCUT2D eigenvalue weighted by Gasteiger charge is -2.29. The van der Waals surface area contributed by atoms with Crippen molar-refractivity contribution in [1.82, 2.24) is 14.8 Å². The van der Waals surface area contributed by atoms with E-state index in [-0.39, 0.29) is 24.6 Å². The Hall–Kier alpha value is -5.12. The van der Waals surface area contributed by atoms with Crippen molar-refractivity contribution in [2.24, 2.45) is 0 Å². The first-order chi connectivity index (χ1) is 23.1. The van der Waals surface area contributed by atoms with E-state index in [4.69, 9.17) is 18.9 Å². The van der Waals surface area contributed by atoms with Gasteiger partial charge in [-0.1, -0.05) is 54.6 Å². The van der Waals surface area contributed by atoms with Crippen LogP contribution in [0, 0.1) is 0 Å². The second kappa shape index (κ2) is 15.2. The maximum atomic E-state index is 12.6. The van der Waals surface area contributed by atoms with Crippen LogP contribution < -0.4 is 14.8 Å². The lowest BCUT2D eigenvalue weighted by Crippen LogP contribution is -2.39. The van der Waals surface area contributed by atoms with Crippen molar-refractivity contribution >= 4 is 28.5 Å². The molecule has 1 atom stereocenters. The Labute approximate surface area is 281 Å². The van der Waals surface area contributed by atoms with Crippen molar-refractivity contribution in [3.8, 4) is 17.4 Å². The molecule has 0 fully saturated rings. The fraction of sp³-hybridized carbons (Fsp3) is 0.368. The van der Waals surface area contributed by atoms with Gasteiger partial charge in [-0.15, -0.1) is 0 Å². The summed E-state index contributed by atoms with van der Waals surface area (Å²) in [5.74, 6) is 1.34. The first kappa shape index (κ1) is 34.2. The summed E-state index contributed by atoms with van der Waals surface area (Å²) in [4.78, 5) is 26.7. The van der Waals surface area contributed by atoms with E-state index < -0.39 is 11.7 Å². The summed E-state index contributed by atoms with van der Waals surface area (Å²) >= 11 is 0. The number of carbonyl (C=O) groups excluding carboxylic acids is 2. The molecule has 10 heteroatoms. The Morgan fingerprint density at radius 1 is 0.958 bits per heavy atom. The largest absolute Gasteiger partial charge is 0.494 e. The third-order valence-electron chi connectivity index (χ3n) is 8.33. The van der Waals surface area contributed by atoms with E-state index in [2.05, 4.69) is 17.5 Å². The van der Waals surface area contributed by atoms with E-state index >= 15 is 0 Å². The zero-order chi connectivity index (χ0) is 34.3. The van der Waals surface area contributed by atoms with Crippen LogP contribution in [0.2, 0.25) is 0 Å². The maximum Gasteiger partial charge on any atom is 0.410 e. The van der Waals surface area contributed by atoms with Crippen LogP contribution in [0.3, 0.4) is 0 Å². The Morgan fingerprint density at radius 2 is 1.73 bits per heavy atom. The average molecular weight is 656 g/mol. The minimum atomic E-state index is -0.556. The Balaban J connectivity index is 1.37. The van der Waals surface area contributed by atoms with Crippen molar-refractivity contribution in [2.75, 3.05) is 33.9 Å². The second-order valence-corrected chi connectivity index (χ2v) is 12.8. The highest BCUT2D eigenvalue weighted by Crippen LogP contribution is 2.40.